The Labute approximate surface area is 121 Å². The van der Waals surface area contributed by atoms with Gasteiger partial charge in [0.25, 0.3) is 0 Å². The smallest absolute Gasteiger partial charge is 0.0914 e. The molecule has 2 N–H and O–H groups in total. The van der Waals surface area contributed by atoms with Gasteiger partial charge in [-0.3, -0.25) is 0 Å². The molecule has 1 aromatic rings. The molecule has 1 aliphatic carbocycles. The van der Waals surface area contributed by atoms with E-state index in [1.165, 1.54) is 25.7 Å². The monoisotopic (exact) mass is 281 g/mol. The van der Waals surface area contributed by atoms with Gasteiger partial charge in [0.1, 0.15) is 0 Å². The molecular weight excluding hydrogens is 258 g/mol. The fraction of sp³-hybridized carbons (Fsp3) is 0.625. The Bertz CT molecular complexity index is 402. The van der Waals surface area contributed by atoms with Crippen LogP contribution in [0.1, 0.15) is 51.2 Å². The number of halogens is 1. The fourth-order valence-electron chi connectivity index (χ4n) is 2.93. The van der Waals surface area contributed by atoms with E-state index >= 15 is 0 Å². The van der Waals surface area contributed by atoms with E-state index in [1.807, 2.05) is 24.3 Å². The number of nitrogens with one attached hydrogen (secondary N) is 1. The fourth-order valence-corrected chi connectivity index (χ4v) is 3.06. The molecule has 2 atom stereocenters. The third kappa shape index (κ3) is 3.95. The van der Waals surface area contributed by atoms with Crippen molar-refractivity contribution in [1.82, 2.24) is 5.32 Å². The molecule has 0 saturated heterocycles. The highest BCUT2D eigenvalue weighted by Crippen LogP contribution is 2.35. The molecule has 1 fully saturated rings. The first-order chi connectivity index (χ1) is 8.99. The second kappa shape index (κ2) is 6.25. The van der Waals surface area contributed by atoms with E-state index in [0.717, 1.165) is 5.56 Å². The Kier molecular flexibility index (Phi) is 4.88. The highest BCUT2D eigenvalue weighted by molar-refractivity contribution is 6.30. The Morgan fingerprint density at radius 3 is 2.63 bits per heavy atom. The molecule has 3 heteroatoms. The van der Waals surface area contributed by atoms with Crippen LogP contribution in [0.5, 0.6) is 0 Å². The maximum absolute atomic E-state index is 10.2. The van der Waals surface area contributed by atoms with Gasteiger partial charge in [0.05, 0.1) is 6.10 Å². The van der Waals surface area contributed by atoms with Gasteiger partial charge in [-0.15, -0.1) is 0 Å². The SMILES string of the molecule is CC1(C)CCCCC1NCC(O)c1ccc(Cl)cc1. The number of aliphatic hydroxyl groups excluding tert-OH is 1. The summed E-state index contributed by atoms with van der Waals surface area (Å²) in [6.07, 6.45) is 4.63. The van der Waals surface area contributed by atoms with E-state index < -0.39 is 6.10 Å². The lowest BCUT2D eigenvalue weighted by atomic mass is 9.73. The summed E-state index contributed by atoms with van der Waals surface area (Å²) in [5.41, 5.74) is 1.25. The van der Waals surface area contributed by atoms with Gasteiger partial charge in [0, 0.05) is 17.6 Å². The van der Waals surface area contributed by atoms with E-state index in [-0.39, 0.29) is 0 Å². The van der Waals surface area contributed by atoms with Gasteiger partial charge in [0.2, 0.25) is 0 Å². The molecule has 0 radical (unpaired) electrons. The standard InChI is InChI=1S/C16H24ClNO/c1-16(2)10-4-3-5-15(16)18-11-14(19)12-6-8-13(17)9-7-12/h6-9,14-15,18-19H,3-5,10-11H2,1-2H3. The molecule has 0 heterocycles. The summed E-state index contributed by atoms with van der Waals surface area (Å²) in [7, 11) is 0. The minimum Gasteiger partial charge on any atom is -0.387 e. The molecular formula is C16H24ClNO. The van der Waals surface area contributed by atoms with Crippen molar-refractivity contribution in [2.75, 3.05) is 6.54 Å². The van der Waals surface area contributed by atoms with Crippen LogP contribution in [0.4, 0.5) is 0 Å². The van der Waals surface area contributed by atoms with Gasteiger partial charge in [-0.25, -0.2) is 0 Å². The highest BCUT2D eigenvalue weighted by atomic mass is 35.5. The molecule has 0 bridgehead atoms. The van der Waals surface area contributed by atoms with Crippen molar-refractivity contribution >= 4 is 11.6 Å². The van der Waals surface area contributed by atoms with Gasteiger partial charge in [-0.2, -0.15) is 0 Å². The first-order valence-corrected chi connectivity index (χ1v) is 7.54. The van der Waals surface area contributed by atoms with Crippen LogP contribution < -0.4 is 5.32 Å². The van der Waals surface area contributed by atoms with Crippen molar-refractivity contribution in [3.05, 3.63) is 34.9 Å². The predicted octanol–water partition coefficient (Wildman–Crippen LogP) is 3.93. The minimum absolute atomic E-state index is 0.331. The van der Waals surface area contributed by atoms with E-state index in [9.17, 15) is 5.11 Å². The van der Waals surface area contributed by atoms with E-state index in [1.54, 1.807) is 0 Å². The van der Waals surface area contributed by atoms with Crippen LogP contribution in [-0.2, 0) is 0 Å². The van der Waals surface area contributed by atoms with E-state index in [2.05, 4.69) is 19.2 Å². The summed E-state index contributed by atoms with van der Waals surface area (Å²) in [5.74, 6) is 0. The minimum atomic E-state index is -0.463. The first-order valence-electron chi connectivity index (χ1n) is 7.16. The van der Waals surface area contributed by atoms with Crippen molar-refractivity contribution in [2.45, 2.75) is 51.7 Å². The first kappa shape index (κ1) is 14.8. The van der Waals surface area contributed by atoms with Gasteiger partial charge >= 0.3 is 0 Å². The van der Waals surface area contributed by atoms with Crippen LogP contribution in [-0.4, -0.2) is 17.7 Å². The Morgan fingerprint density at radius 2 is 2.00 bits per heavy atom. The third-order valence-corrected chi connectivity index (χ3v) is 4.57. The van der Waals surface area contributed by atoms with Crippen LogP contribution in [0.3, 0.4) is 0 Å². The van der Waals surface area contributed by atoms with Crippen molar-refractivity contribution < 1.29 is 5.11 Å². The number of rotatable bonds is 4. The molecule has 2 rings (SSSR count). The summed E-state index contributed by atoms with van der Waals surface area (Å²) < 4.78 is 0. The Hall–Kier alpha value is -0.570. The topological polar surface area (TPSA) is 32.3 Å². The number of hydrogen-bond donors (Lipinski definition) is 2. The molecule has 0 amide bonds. The Balaban J connectivity index is 1.89. The molecule has 1 saturated carbocycles. The van der Waals surface area contributed by atoms with Crippen LogP contribution in [0.25, 0.3) is 0 Å². The highest BCUT2D eigenvalue weighted by Gasteiger charge is 2.31. The van der Waals surface area contributed by atoms with Gasteiger partial charge in [-0.05, 0) is 36.0 Å². The zero-order valence-electron chi connectivity index (χ0n) is 11.8. The van der Waals surface area contributed by atoms with Crippen LogP contribution >= 0.6 is 11.6 Å². The number of hydrogen-bond acceptors (Lipinski definition) is 2. The summed E-state index contributed by atoms with van der Waals surface area (Å²) in [6.45, 7) is 5.24. The summed E-state index contributed by atoms with van der Waals surface area (Å²) in [5, 5.41) is 14.5. The average Bonchev–Trinajstić information content (AvgIpc) is 2.37. The molecule has 0 aromatic heterocycles. The predicted molar refractivity (Wildman–Crippen MR) is 80.5 cm³/mol. The second-order valence-corrected chi connectivity index (χ2v) is 6.70. The second-order valence-electron chi connectivity index (χ2n) is 6.26. The van der Waals surface area contributed by atoms with Crippen molar-refractivity contribution in [3.8, 4) is 0 Å². The lowest BCUT2D eigenvalue weighted by Gasteiger charge is -2.39. The van der Waals surface area contributed by atoms with Crippen molar-refractivity contribution in [3.63, 3.8) is 0 Å². The molecule has 0 aliphatic heterocycles. The molecule has 19 heavy (non-hydrogen) atoms. The summed E-state index contributed by atoms with van der Waals surface area (Å²) in [4.78, 5) is 0. The van der Waals surface area contributed by atoms with E-state index in [4.69, 9.17) is 11.6 Å². The van der Waals surface area contributed by atoms with Crippen molar-refractivity contribution in [2.24, 2.45) is 5.41 Å². The maximum Gasteiger partial charge on any atom is 0.0914 e. The molecule has 106 valence electrons. The quantitative estimate of drug-likeness (QED) is 0.876. The molecule has 2 unspecified atom stereocenters. The van der Waals surface area contributed by atoms with Gasteiger partial charge in [0.15, 0.2) is 0 Å². The van der Waals surface area contributed by atoms with Crippen LogP contribution in [0.2, 0.25) is 5.02 Å². The third-order valence-electron chi connectivity index (χ3n) is 4.32. The van der Waals surface area contributed by atoms with Gasteiger partial charge < -0.3 is 10.4 Å². The Morgan fingerprint density at radius 1 is 1.32 bits per heavy atom. The molecule has 1 aromatic carbocycles. The lowest BCUT2D eigenvalue weighted by Crippen LogP contribution is -2.45. The summed E-state index contributed by atoms with van der Waals surface area (Å²) in [6, 6.07) is 7.93. The van der Waals surface area contributed by atoms with Crippen LogP contribution in [0.15, 0.2) is 24.3 Å². The zero-order chi connectivity index (χ0) is 13.9. The largest absolute Gasteiger partial charge is 0.387 e. The number of aliphatic hydroxyl groups is 1. The molecule has 0 spiro atoms. The summed E-state index contributed by atoms with van der Waals surface area (Å²) >= 11 is 5.86. The normalized spacial score (nSPS) is 24.1. The number of benzene rings is 1. The van der Waals surface area contributed by atoms with Crippen molar-refractivity contribution in [1.29, 1.82) is 0 Å². The molecule has 2 nitrogen and oxygen atoms in total. The zero-order valence-corrected chi connectivity index (χ0v) is 12.6. The average molecular weight is 282 g/mol. The lowest BCUT2D eigenvalue weighted by molar-refractivity contribution is 0.127. The molecule has 1 aliphatic rings. The van der Waals surface area contributed by atoms with E-state index in [0.29, 0.717) is 23.0 Å². The van der Waals surface area contributed by atoms with Crippen LogP contribution in [0, 0.1) is 5.41 Å². The maximum atomic E-state index is 10.2. The van der Waals surface area contributed by atoms with Gasteiger partial charge in [-0.1, -0.05) is 50.4 Å².